The minimum absolute atomic E-state index is 0.214. The molecule has 1 aliphatic rings. The van der Waals surface area contributed by atoms with Crippen molar-refractivity contribution in [2.24, 2.45) is 0 Å². The minimum Gasteiger partial charge on any atom is -0.479 e. The molecule has 0 bridgehead atoms. The number of nitrogens with zero attached hydrogens (tertiary/aromatic N) is 4. The molecule has 1 aliphatic heterocycles. The molecule has 6 nitrogen and oxygen atoms in total. The van der Waals surface area contributed by atoms with Gasteiger partial charge in [-0.1, -0.05) is 0 Å². The maximum absolute atomic E-state index is 5.90. The molecule has 2 aromatic rings. The standard InChI is InChI=1S/C14H19ClN4O2/c1-20-14-12-13(16-9-17-14)19(11(18-12)5-6-15)8-10-4-2-3-7-21-10/h9-10H,2-8H2,1H3. The van der Waals surface area contributed by atoms with Crippen LogP contribution in [0, 0.1) is 0 Å². The van der Waals surface area contributed by atoms with Crippen molar-refractivity contribution in [2.75, 3.05) is 19.6 Å². The Morgan fingerprint density at radius 3 is 3.05 bits per heavy atom. The van der Waals surface area contributed by atoms with Crippen molar-refractivity contribution in [1.82, 2.24) is 19.5 Å². The molecule has 7 heteroatoms. The van der Waals surface area contributed by atoms with E-state index in [-0.39, 0.29) is 6.10 Å². The summed E-state index contributed by atoms with van der Waals surface area (Å²) in [6.45, 7) is 1.59. The van der Waals surface area contributed by atoms with Gasteiger partial charge in [0.25, 0.3) is 0 Å². The van der Waals surface area contributed by atoms with E-state index < -0.39 is 0 Å². The summed E-state index contributed by atoms with van der Waals surface area (Å²) in [5, 5.41) is 0. The minimum atomic E-state index is 0.214. The number of rotatable bonds is 5. The molecule has 0 aromatic carbocycles. The van der Waals surface area contributed by atoms with Gasteiger partial charge in [0.15, 0.2) is 11.2 Å². The smallest absolute Gasteiger partial charge is 0.245 e. The first-order chi connectivity index (χ1) is 10.3. The monoisotopic (exact) mass is 310 g/mol. The van der Waals surface area contributed by atoms with Crippen molar-refractivity contribution in [3.63, 3.8) is 0 Å². The number of ether oxygens (including phenoxy) is 2. The molecule has 1 atom stereocenters. The van der Waals surface area contributed by atoms with Crippen molar-refractivity contribution in [3.05, 3.63) is 12.2 Å². The van der Waals surface area contributed by atoms with Crippen molar-refractivity contribution in [2.45, 2.75) is 38.3 Å². The van der Waals surface area contributed by atoms with Crippen LogP contribution in [-0.4, -0.2) is 45.2 Å². The molecule has 0 amide bonds. The van der Waals surface area contributed by atoms with Crippen LogP contribution < -0.4 is 4.74 Å². The number of hydrogen-bond donors (Lipinski definition) is 0. The molecule has 0 saturated carbocycles. The van der Waals surface area contributed by atoms with Gasteiger partial charge in [0.2, 0.25) is 5.88 Å². The number of aromatic nitrogens is 4. The molecular weight excluding hydrogens is 292 g/mol. The summed E-state index contributed by atoms with van der Waals surface area (Å²) >= 11 is 5.90. The van der Waals surface area contributed by atoms with Gasteiger partial charge in [0.05, 0.1) is 19.8 Å². The van der Waals surface area contributed by atoms with Crippen molar-refractivity contribution < 1.29 is 9.47 Å². The zero-order valence-electron chi connectivity index (χ0n) is 12.1. The van der Waals surface area contributed by atoms with E-state index >= 15 is 0 Å². The van der Waals surface area contributed by atoms with Crippen LogP contribution in [0.3, 0.4) is 0 Å². The van der Waals surface area contributed by atoms with E-state index in [1.54, 1.807) is 7.11 Å². The van der Waals surface area contributed by atoms with E-state index in [0.29, 0.717) is 23.7 Å². The zero-order chi connectivity index (χ0) is 14.7. The summed E-state index contributed by atoms with van der Waals surface area (Å²) < 4.78 is 13.2. The fourth-order valence-electron chi connectivity index (χ4n) is 2.73. The van der Waals surface area contributed by atoms with Crippen LogP contribution in [0.2, 0.25) is 0 Å². The summed E-state index contributed by atoms with van der Waals surface area (Å²) in [6.07, 6.45) is 5.83. The molecule has 2 aromatic heterocycles. The van der Waals surface area contributed by atoms with Crippen LogP contribution in [0.5, 0.6) is 5.88 Å². The van der Waals surface area contributed by atoms with Crippen molar-refractivity contribution >= 4 is 22.8 Å². The lowest BCUT2D eigenvalue weighted by Gasteiger charge is -2.23. The van der Waals surface area contributed by atoms with E-state index in [4.69, 9.17) is 21.1 Å². The predicted octanol–water partition coefficient (Wildman–Crippen LogP) is 2.19. The Morgan fingerprint density at radius 1 is 1.43 bits per heavy atom. The van der Waals surface area contributed by atoms with E-state index in [9.17, 15) is 0 Å². The van der Waals surface area contributed by atoms with E-state index in [1.165, 1.54) is 12.7 Å². The SMILES string of the molecule is COc1ncnc2c1nc(CCCl)n2CC1CCCCO1. The topological polar surface area (TPSA) is 62.1 Å². The summed E-state index contributed by atoms with van der Waals surface area (Å²) in [7, 11) is 1.59. The van der Waals surface area contributed by atoms with Crippen LogP contribution in [0.4, 0.5) is 0 Å². The maximum atomic E-state index is 5.90. The number of aryl methyl sites for hydroxylation is 1. The Labute approximate surface area is 128 Å². The normalized spacial score (nSPS) is 19.0. The molecule has 0 radical (unpaired) electrons. The molecule has 0 N–H and O–H groups in total. The summed E-state index contributed by atoms with van der Waals surface area (Å²) in [4.78, 5) is 13.1. The second-order valence-electron chi connectivity index (χ2n) is 5.12. The molecule has 114 valence electrons. The van der Waals surface area contributed by atoms with Gasteiger partial charge in [-0.15, -0.1) is 11.6 Å². The van der Waals surface area contributed by atoms with Gasteiger partial charge in [-0.25, -0.2) is 9.97 Å². The van der Waals surface area contributed by atoms with E-state index in [2.05, 4.69) is 19.5 Å². The van der Waals surface area contributed by atoms with Crippen LogP contribution in [-0.2, 0) is 17.7 Å². The lowest BCUT2D eigenvalue weighted by molar-refractivity contribution is 0.00613. The molecule has 1 fully saturated rings. The highest BCUT2D eigenvalue weighted by Crippen LogP contribution is 2.24. The first kappa shape index (κ1) is 14.5. The van der Waals surface area contributed by atoms with E-state index in [1.807, 2.05) is 0 Å². The van der Waals surface area contributed by atoms with E-state index in [0.717, 1.165) is 37.5 Å². The molecule has 3 heterocycles. The Kier molecular flexibility index (Phi) is 4.55. The fourth-order valence-corrected chi connectivity index (χ4v) is 2.90. The number of fused-ring (bicyclic) bond motifs is 1. The fraction of sp³-hybridized carbons (Fsp3) is 0.643. The number of alkyl halides is 1. The quantitative estimate of drug-likeness (QED) is 0.792. The van der Waals surface area contributed by atoms with Crippen LogP contribution in [0.15, 0.2) is 6.33 Å². The Morgan fingerprint density at radius 2 is 2.33 bits per heavy atom. The van der Waals surface area contributed by atoms with Crippen LogP contribution >= 0.6 is 11.6 Å². The van der Waals surface area contributed by atoms with Gasteiger partial charge in [-0.05, 0) is 19.3 Å². The number of halogens is 1. The molecule has 21 heavy (non-hydrogen) atoms. The third kappa shape index (κ3) is 2.96. The highest BCUT2D eigenvalue weighted by Gasteiger charge is 2.21. The lowest BCUT2D eigenvalue weighted by atomic mass is 10.1. The Balaban J connectivity index is 1.99. The maximum Gasteiger partial charge on any atom is 0.245 e. The summed E-state index contributed by atoms with van der Waals surface area (Å²) in [5.74, 6) is 1.93. The molecule has 1 unspecified atom stereocenters. The highest BCUT2D eigenvalue weighted by molar-refractivity contribution is 6.17. The van der Waals surface area contributed by atoms with Crippen molar-refractivity contribution in [1.29, 1.82) is 0 Å². The lowest BCUT2D eigenvalue weighted by Crippen LogP contribution is -2.25. The van der Waals surface area contributed by atoms with Gasteiger partial charge in [0, 0.05) is 18.9 Å². The Bertz CT molecular complexity index is 610. The van der Waals surface area contributed by atoms with Crippen LogP contribution in [0.25, 0.3) is 11.2 Å². The molecule has 0 aliphatic carbocycles. The average molecular weight is 311 g/mol. The second kappa shape index (κ2) is 6.58. The Hall–Kier alpha value is -1.40. The second-order valence-corrected chi connectivity index (χ2v) is 5.50. The largest absolute Gasteiger partial charge is 0.479 e. The molecule has 0 spiro atoms. The third-order valence-electron chi connectivity index (χ3n) is 3.75. The number of methoxy groups -OCH3 is 1. The highest BCUT2D eigenvalue weighted by atomic mass is 35.5. The molecule has 3 rings (SSSR count). The van der Waals surface area contributed by atoms with Gasteiger partial charge >= 0.3 is 0 Å². The van der Waals surface area contributed by atoms with Gasteiger partial charge < -0.3 is 14.0 Å². The summed E-state index contributed by atoms with van der Waals surface area (Å²) in [6, 6.07) is 0. The third-order valence-corrected chi connectivity index (χ3v) is 3.94. The first-order valence-corrected chi connectivity index (χ1v) is 7.78. The number of imidazole rings is 1. The molecular formula is C14H19ClN4O2. The van der Waals surface area contributed by atoms with Crippen LogP contribution in [0.1, 0.15) is 25.1 Å². The average Bonchev–Trinajstić information content (AvgIpc) is 2.87. The van der Waals surface area contributed by atoms with Crippen molar-refractivity contribution in [3.8, 4) is 5.88 Å². The van der Waals surface area contributed by atoms with Gasteiger partial charge in [0.1, 0.15) is 12.2 Å². The first-order valence-electron chi connectivity index (χ1n) is 7.25. The predicted molar refractivity (Wildman–Crippen MR) is 79.9 cm³/mol. The van der Waals surface area contributed by atoms with Gasteiger partial charge in [-0.3, -0.25) is 0 Å². The summed E-state index contributed by atoms with van der Waals surface area (Å²) in [5.41, 5.74) is 1.48. The zero-order valence-corrected chi connectivity index (χ0v) is 12.8. The molecule has 1 saturated heterocycles. The van der Waals surface area contributed by atoms with Gasteiger partial charge in [-0.2, -0.15) is 4.98 Å². The number of hydrogen-bond acceptors (Lipinski definition) is 5.